The van der Waals surface area contributed by atoms with Crippen molar-refractivity contribution in [3.63, 3.8) is 0 Å². The molecule has 164 valence electrons. The Morgan fingerprint density at radius 2 is 1.84 bits per heavy atom. The first-order valence-electron chi connectivity index (χ1n) is 10.2. The number of carboxylic acid groups (broad SMARTS) is 1. The lowest BCUT2D eigenvalue weighted by Crippen LogP contribution is -2.18. The first kappa shape index (κ1) is 23.1. The maximum absolute atomic E-state index is 13.2. The predicted octanol–water partition coefficient (Wildman–Crippen LogP) is 5.72. The fourth-order valence-corrected chi connectivity index (χ4v) is 5.15. The molecule has 0 aliphatic carbocycles. The molecule has 0 aliphatic rings. The SMILES string of the molecule is CC(C)c1ccc(C=CCS(=O)(=O)n2c(CCCC(=O)O)cc3cc(Cl)ccc32)cc1. The molecule has 1 aromatic heterocycles. The molecule has 0 spiro atoms. The fourth-order valence-electron chi connectivity index (χ4n) is 3.51. The summed E-state index contributed by atoms with van der Waals surface area (Å²) in [5.41, 5.74) is 3.27. The third-order valence-electron chi connectivity index (χ3n) is 5.11. The highest BCUT2D eigenvalue weighted by molar-refractivity contribution is 7.90. The minimum atomic E-state index is -3.69. The van der Waals surface area contributed by atoms with E-state index in [9.17, 15) is 13.2 Å². The van der Waals surface area contributed by atoms with Gasteiger partial charge in [0.2, 0.25) is 10.0 Å². The number of rotatable bonds is 9. The van der Waals surface area contributed by atoms with Gasteiger partial charge in [0.05, 0.1) is 11.3 Å². The molecule has 0 unspecified atom stereocenters. The zero-order valence-corrected chi connectivity index (χ0v) is 19.2. The number of hydrogen-bond donors (Lipinski definition) is 1. The number of fused-ring (bicyclic) bond motifs is 1. The van der Waals surface area contributed by atoms with Crippen LogP contribution >= 0.6 is 11.6 Å². The summed E-state index contributed by atoms with van der Waals surface area (Å²) in [5.74, 6) is -0.634. The molecule has 2 aromatic carbocycles. The van der Waals surface area contributed by atoms with Crippen LogP contribution in [-0.2, 0) is 21.2 Å². The number of aliphatic carboxylic acids is 1. The van der Waals surface area contributed by atoms with Crippen molar-refractivity contribution >= 4 is 44.6 Å². The van der Waals surface area contributed by atoms with Crippen LogP contribution in [0.4, 0.5) is 0 Å². The molecule has 0 amide bonds. The van der Waals surface area contributed by atoms with Gasteiger partial charge < -0.3 is 5.11 Å². The van der Waals surface area contributed by atoms with Crippen molar-refractivity contribution in [3.8, 4) is 0 Å². The lowest BCUT2D eigenvalue weighted by Gasteiger charge is -2.10. The van der Waals surface area contributed by atoms with E-state index in [-0.39, 0.29) is 12.2 Å². The van der Waals surface area contributed by atoms with E-state index in [0.717, 1.165) is 10.9 Å². The summed E-state index contributed by atoms with van der Waals surface area (Å²) >= 11 is 6.07. The van der Waals surface area contributed by atoms with Crippen molar-refractivity contribution in [1.29, 1.82) is 0 Å². The number of aryl methyl sites for hydroxylation is 1. The van der Waals surface area contributed by atoms with E-state index in [0.29, 0.717) is 35.0 Å². The molecule has 31 heavy (non-hydrogen) atoms. The molecule has 3 aromatic rings. The second-order valence-corrected chi connectivity index (χ2v) is 10.2. The molecule has 0 saturated heterocycles. The van der Waals surface area contributed by atoms with E-state index in [2.05, 4.69) is 13.8 Å². The number of benzene rings is 2. The highest BCUT2D eigenvalue weighted by Gasteiger charge is 2.20. The number of carbonyl (C=O) groups is 1. The monoisotopic (exact) mass is 459 g/mol. The van der Waals surface area contributed by atoms with E-state index in [1.54, 1.807) is 36.4 Å². The summed E-state index contributed by atoms with van der Waals surface area (Å²) in [6, 6.07) is 14.9. The predicted molar refractivity (Wildman–Crippen MR) is 126 cm³/mol. The van der Waals surface area contributed by atoms with E-state index in [4.69, 9.17) is 16.7 Å². The Kier molecular flexibility index (Phi) is 7.23. The van der Waals surface area contributed by atoms with Crippen LogP contribution in [0.5, 0.6) is 0 Å². The molecular formula is C24H26ClNO4S. The number of halogens is 1. The summed E-state index contributed by atoms with van der Waals surface area (Å²) in [7, 11) is -3.69. The van der Waals surface area contributed by atoms with Crippen molar-refractivity contribution in [3.05, 3.63) is 76.5 Å². The Morgan fingerprint density at radius 3 is 2.48 bits per heavy atom. The molecule has 3 rings (SSSR count). The highest BCUT2D eigenvalue weighted by Crippen LogP contribution is 2.27. The number of carboxylic acids is 1. The molecule has 0 fully saturated rings. The molecule has 0 saturated carbocycles. The fraction of sp³-hybridized carbons (Fsp3) is 0.292. The van der Waals surface area contributed by atoms with E-state index < -0.39 is 16.0 Å². The second kappa shape index (κ2) is 9.71. The van der Waals surface area contributed by atoms with E-state index in [1.165, 1.54) is 9.54 Å². The molecular weight excluding hydrogens is 434 g/mol. The lowest BCUT2D eigenvalue weighted by atomic mass is 10.0. The molecule has 0 aliphatic heterocycles. The van der Waals surface area contributed by atoms with E-state index >= 15 is 0 Å². The number of nitrogens with zero attached hydrogens (tertiary/aromatic N) is 1. The van der Waals surface area contributed by atoms with Gasteiger partial charge in [-0.2, -0.15) is 0 Å². The maximum atomic E-state index is 13.2. The van der Waals surface area contributed by atoms with Gasteiger partial charge in [0.15, 0.2) is 0 Å². The summed E-state index contributed by atoms with van der Waals surface area (Å²) in [6.07, 6.45) is 4.12. The number of hydrogen-bond acceptors (Lipinski definition) is 3. The van der Waals surface area contributed by atoms with Crippen LogP contribution in [0.15, 0.2) is 54.6 Å². The molecule has 7 heteroatoms. The van der Waals surface area contributed by atoms with Crippen molar-refractivity contribution in [2.45, 2.75) is 39.0 Å². The van der Waals surface area contributed by atoms with Crippen molar-refractivity contribution in [2.75, 3.05) is 5.75 Å². The molecule has 0 atom stereocenters. The maximum Gasteiger partial charge on any atom is 0.303 e. The van der Waals surface area contributed by atoms with Gasteiger partial charge in [-0.3, -0.25) is 4.79 Å². The van der Waals surface area contributed by atoms with E-state index in [1.807, 2.05) is 24.3 Å². The smallest absolute Gasteiger partial charge is 0.303 e. The van der Waals surface area contributed by atoms with Crippen LogP contribution in [-0.4, -0.2) is 29.2 Å². The Morgan fingerprint density at radius 1 is 1.13 bits per heavy atom. The van der Waals surface area contributed by atoms with Gasteiger partial charge in [-0.1, -0.05) is 61.9 Å². The summed E-state index contributed by atoms with van der Waals surface area (Å²) in [4.78, 5) is 10.9. The molecule has 5 nitrogen and oxygen atoms in total. The Labute approximate surface area is 188 Å². The largest absolute Gasteiger partial charge is 0.481 e. The van der Waals surface area contributed by atoms with Crippen molar-refractivity contribution in [2.24, 2.45) is 0 Å². The van der Waals surface area contributed by atoms with Gasteiger partial charge in [0, 0.05) is 22.5 Å². The first-order valence-corrected chi connectivity index (χ1v) is 12.2. The normalized spacial score (nSPS) is 12.3. The van der Waals surface area contributed by atoms with Gasteiger partial charge in [-0.05, 0) is 54.2 Å². The molecule has 0 radical (unpaired) electrons. The second-order valence-electron chi connectivity index (χ2n) is 7.85. The molecule has 1 heterocycles. The lowest BCUT2D eigenvalue weighted by molar-refractivity contribution is -0.137. The Hall–Kier alpha value is -2.57. The van der Waals surface area contributed by atoms with Crippen LogP contribution in [0.1, 0.15) is 49.4 Å². The molecule has 1 N–H and O–H groups in total. The van der Waals surface area contributed by atoms with Gasteiger partial charge in [0.1, 0.15) is 0 Å². The zero-order valence-electron chi connectivity index (χ0n) is 17.6. The standard InChI is InChI=1S/C24H26ClNO4S/c1-17(2)19-10-8-18(9-11-19)5-4-14-31(29,30)26-22(6-3-7-24(27)28)16-20-15-21(25)12-13-23(20)26/h4-5,8-13,15-17H,3,6-7,14H2,1-2H3,(H,27,28). The van der Waals surface area contributed by atoms with Crippen LogP contribution in [0.3, 0.4) is 0 Å². The minimum absolute atomic E-state index is 0.0192. The zero-order chi connectivity index (χ0) is 22.6. The molecule has 0 bridgehead atoms. The van der Waals surface area contributed by atoms with Crippen LogP contribution in [0.2, 0.25) is 5.02 Å². The van der Waals surface area contributed by atoms with Gasteiger partial charge >= 0.3 is 5.97 Å². The third kappa shape index (κ3) is 5.77. The van der Waals surface area contributed by atoms with Crippen molar-refractivity contribution in [1.82, 2.24) is 3.97 Å². The quantitative estimate of drug-likeness (QED) is 0.444. The van der Waals surface area contributed by atoms with Gasteiger partial charge in [-0.25, -0.2) is 12.4 Å². The Bertz CT molecular complexity index is 1210. The minimum Gasteiger partial charge on any atom is -0.481 e. The number of aromatic nitrogens is 1. The average Bonchev–Trinajstić information content (AvgIpc) is 3.06. The van der Waals surface area contributed by atoms with Gasteiger partial charge in [0.25, 0.3) is 0 Å². The van der Waals surface area contributed by atoms with Gasteiger partial charge in [-0.15, -0.1) is 0 Å². The van der Waals surface area contributed by atoms with Crippen LogP contribution in [0, 0.1) is 0 Å². The topological polar surface area (TPSA) is 76.4 Å². The van der Waals surface area contributed by atoms with Crippen molar-refractivity contribution < 1.29 is 18.3 Å². The first-order chi connectivity index (χ1) is 14.7. The average molecular weight is 460 g/mol. The highest BCUT2D eigenvalue weighted by atomic mass is 35.5. The summed E-state index contributed by atoms with van der Waals surface area (Å²) in [6.45, 7) is 4.25. The summed E-state index contributed by atoms with van der Waals surface area (Å²) < 4.78 is 27.7. The van der Waals surface area contributed by atoms with Crippen LogP contribution < -0.4 is 0 Å². The summed E-state index contributed by atoms with van der Waals surface area (Å²) in [5, 5.41) is 10.2. The third-order valence-corrected chi connectivity index (χ3v) is 6.95. The van der Waals surface area contributed by atoms with Crippen LogP contribution in [0.25, 0.3) is 17.0 Å². The Balaban J connectivity index is 1.87.